The van der Waals surface area contributed by atoms with E-state index in [0.717, 1.165) is 44.3 Å². The largest absolute Gasteiger partial charge is 0.320 e. The van der Waals surface area contributed by atoms with E-state index >= 15 is 0 Å². The van der Waals surface area contributed by atoms with Crippen LogP contribution in [0.2, 0.25) is 0 Å². The van der Waals surface area contributed by atoms with Crippen molar-refractivity contribution in [2.24, 2.45) is 0 Å². The lowest BCUT2D eigenvalue weighted by Crippen LogP contribution is -2.55. The number of pyridine rings is 1. The van der Waals surface area contributed by atoms with Crippen LogP contribution >= 0.6 is 0 Å². The topological polar surface area (TPSA) is 39.7 Å². The summed E-state index contributed by atoms with van der Waals surface area (Å²) in [7, 11) is 4.38. The summed E-state index contributed by atoms with van der Waals surface area (Å²) in [4.78, 5) is 23.9. The van der Waals surface area contributed by atoms with E-state index in [-0.39, 0.29) is 17.1 Å². The second-order valence-electron chi connectivity index (χ2n) is 8.76. The van der Waals surface area contributed by atoms with Crippen LogP contribution < -0.4 is 0 Å². The van der Waals surface area contributed by atoms with Gasteiger partial charge in [0, 0.05) is 37.6 Å². The third-order valence-electron chi connectivity index (χ3n) is 7.15. The molecule has 2 fully saturated rings. The Labute approximate surface area is 174 Å². The van der Waals surface area contributed by atoms with Gasteiger partial charge >= 0.3 is 6.03 Å². The van der Waals surface area contributed by atoms with Gasteiger partial charge in [0.25, 0.3) is 0 Å². The third-order valence-corrected chi connectivity index (χ3v) is 7.15. The van der Waals surface area contributed by atoms with Gasteiger partial charge in [0.15, 0.2) is 0 Å². The average Bonchev–Trinajstić information content (AvgIpc) is 3.00. The van der Waals surface area contributed by atoms with Crippen molar-refractivity contribution in [1.29, 1.82) is 0 Å². The molecule has 29 heavy (non-hydrogen) atoms. The number of hydrogen-bond donors (Lipinski definition) is 0. The van der Waals surface area contributed by atoms with Gasteiger partial charge in [-0.25, -0.2) is 4.79 Å². The van der Waals surface area contributed by atoms with Gasteiger partial charge in [-0.2, -0.15) is 0 Å². The maximum Gasteiger partial charge on any atom is 0.320 e. The van der Waals surface area contributed by atoms with Crippen molar-refractivity contribution in [2.45, 2.75) is 50.2 Å². The molecular formula is C24H32N4O. The molecule has 1 aromatic heterocycles. The number of rotatable bonds is 5. The van der Waals surface area contributed by atoms with E-state index in [4.69, 9.17) is 0 Å². The standard InChI is InChI=1S/C24H32N4O/c1-4-28-22(29)27(18-20-9-8-16-25-17-20)19-23(28)12-14-24(15-13-23,26(2)3)21-10-6-5-7-11-21/h5-11,16-17H,4,12-15,18-19H2,1-3H3/t23-,24+. The minimum absolute atomic E-state index is 0.0474. The van der Waals surface area contributed by atoms with Crippen LogP contribution in [-0.4, -0.2) is 58.4 Å². The lowest BCUT2D eigenvalue weighted by Gasteiger charge is -2.51. The van der Waals surface area contributed by atoms with Crippen molar-refractivity contribution in [3.8, 4) is 0 Å². The first kappa shape index (κ1) is 19.9. The van der Waals surface area contributed by atoms with Crippen molar-refractivity contribution in [3.05, 3.63) is 66.0 Å². The molecule has 5 nitrogen and oxygen atoms in total. The molecule has 154 valence electrons. The fourth-order valence-electron chi connectivity index (χ4n) is 5.49. The fourth-order valence-corrected chi connectivity index (χ4v) is 5.49. The molecule has 4 rings (SSSR count). The molecule has 1 saturated heterocycles. The molecule has 1 aromatic carbocycles. The number of amides is 2. The summed E-state index contributed by atoms with van der Waals surface area (Å²) in [5, 5.41) is 0. The van der Waals surface area contributed by atoms with E-state index in [9.17, 15) is 4.79 Å². The summed E-state index contributed by atoms with van der Waals surface area (Å²) in [6.45, 7) is 4.33. The van der Waals surface area contributed by atoms with Crippen LogP contribution in [0.5, 0.6) is 0 Å². The summed E-state index contributed by atoms with van der Waals surface area (Å²) in [6.07, 6.45) is 7.83. The summed E-state index contributed by atoms with van der Waals surface area (Å²) in [5.74, 6) is 0. The van der Waals surface area contributed by atoms with Crippen LogP contribution in [0.15, 0.2) is 54.9 Å². The quantitative estimate of drug-likeness (QED) is 0.769. The fraction of sp³-hybridized carbons (Fsp3) is 0.500. The molecule has 0 bridgehead atoms. The maximum atomic E-state index is 13.2. The molecule has 1 aliphatic carbocycles. The predicted molar refractivity (Wildman–Crippen MR) is 115 cm³/mol. The first-order valence-corrected chi connectivity index (χ1v) is 10.7. The summed E-state index contributed by atoms with van der Waals surface area (Å²) >= 11 is 0. The van der Waals surface area contributed by atoms with E-state index in [1.807, 2.05) is 17.2 Å². The van der Waals surface area contributed by atoms with E-state index in [2.05, 4.69) is 72.2 Å². The van der Waals surface area contributed by atoms with Crippen molar-refractivity contribution in [3.63, 3.8) is 0 Å². The molecular weight excluding hydrogens is 360 g/mol. The Balaban J connectivity index is 1.56. The Bertz CT molecular complexity index is 828. The van der Waals surface area contributed by atoms with Crippen LogP contribution in [0.4, 0.5) is 4.79 Å². The van der Waals surface area contributed by atoms with E-state index < -0.39 is 0 Å². The molecule has 1 saturated carbocycles. The predicted octanol–water partition coefficient (Wildman–Crippen LogP) is 4.11. The van der Waals surface area contributed by atoms with Crippen LogP contribution in [0.25, 0.3) is 0 Å². The van der Waals surface area contributed by atoms with Gasteiger partial charge < -0.3 is 9.80 Å². The molecule has 1 spiro atoms. The van der Waals surface area contributed by atoms with Gasteiger partial charge in [0.2, 0.25) is 0 Å². The molecule has 5 heteroatoms. The van der Waals surface area contributed by atoms with Crippen LogP contribution in [0.3, 0.4) is 0 Å². The summed E-state index contributed by atoms with van der Waals surface area (Å²) in [6, 6.07) is 15.0. The first-order chi connectivity index (χ1) is 14.0. The van der Waals surface area contributed by atoms with E-state index in [1.165, 1.54) is 5.56 Å². The molecule has 2 heterocycles. The Morgan fingerprint density at radius 1 is 1.03 bits per heavy atom. The Hall–Kier alpha value is -2.40. The molecule has 0 unspecified atom stereocenters. The van der Waals surface area contributed by atoms with Crippen LogP contribution in [-0.2, 0) is 12.1 Å². The zero-order chi connectivity index (χ0) is 20.5. The van der Waals surface area contributed by atoms with Gasteiger partial charge in [0.1, 0.15) is 0 Å². The van der Waals surface area contributed by atoms with Crippen molar-refractivity contribution < 1.29 is 4.79 Å². The summed E-state index contributed by atoms with van der Waals surface area (Å²) in [5.41, 5.74) is 2.48. The lowest BCUT2D eigenvalue weighted by molar-refractivity contribution is 0.0261. The number of urea groups is 1. The molecule has 2 aliphatic rings. The minimum Gasteiger partial charge on any atom is -0.318 e. The normalized spacial score (nSPS) is 27.2. The van der Waals surface area contributed by atoms with E-state index in [1.54, 1.807) is 6.20 Å². The second-order valence-corrected chi connectivity index (χ2v) is 8.76. The van der Waals surface area contributed by atoms with Gasteiger partial charge in [-0.15, -0.1) is 0 Å². The molecule has 0 atom stereocenters. The number of benzene rings is 1. The maximum absolute atomic E-state index is 13.2. The van der Waals surface area contributed by atoms with Crippen molar-refractivity contribution in [1.82, 2.24) is 19.7 Å². The lowest BCUT2D eigenvalue weighted by atomic mass is 9.68. The number of carbonyl (C=O) groups excluding carboxylic acids is 1. The highest BCUT2D eigenvalue weighted by atomic mass is 16.2. The first-order valence-electron chi connectivity index (χ1n) is 10.7. The van der Waals surface area contributed by atoms with Crippen molar-refractivity contribution in [2.75, 3.05) is 27.2 Å². The highest BCUT2D eigenvalue weighted by Crippen LogP contribution is 2.48. The zero-order valence-electron chi connectivity index (χ0n) is 17.8. The molecule has 0 N–H and O–H groups in total. The Morgan fingerprint density at radius 3 is 2.34 bits per heavy atom. The van der Waals surface area contributed by atoms with Gasteiger partial charge in [-0.1, -0.05) is 36.4 Å². The zero-order valence-corrected chi connectivity index (χ0v) is 17.8. The Kier molecular flexibility index (Phi) is 5.34. The van der Waals surface area contributed by atoms with Gasteiger partial charge in [-0.05, 0) is 63.9 Å². The number of aromatic nitrogens is 1. The number of carbonyl (C=O) groups is 1. The summed E-state index contributed by atoms with van der Waals surface area (Å²) < 4.78 is 0. The second kappa shape index (κ2) is 7.79. The minimum atomic E-state index is -0.0532. The highest BCUT2D eigenvalue weighted by molar-refractivity contribution is 5.78. The van der Waals surface area contributed by atoms with Gasteiger partial charge in [0.05, 0.1) is 5.54 Å². The average molecular weight is 393 g/mol. The monoisotopic (exact) mass is 392 g/mol. The molecule has 0 radical (unpaired) electrons. The van der Waals surface area contributed by atoms with Crippen LogP contribution in [0.1, 0.15) is 43.7 Å². The number of nitrogens with zero attached hydrogens (tertiary/aromatic N) is 4. The molecule has 2 amide bonds. The highest BCUT2D eigenvalue weighted by Gasteiger charge is 2.53. The van der Waals surface area contributed by atoms with E-state index in [0.29, 0.717) is 6.54 Å². The SMILES string of the molecule is CCN1C(=O)N(Cc2cccnc2)C[C@]12CC[C@](c1ccccc1)(N(C)C)CC2. The number of likely N-dealkylation sites (N-methyl/N-ethyl adjacent to an activating group) is 1. The van der Waals surface area contributed by atoms with Gasteiger partial charge in [-0.3, -0.25) is 9.88 Å². The smallest absolute Gasteiger partial charge is 0.318 e. The van der Waals surface area contributed by atoms with Crippen LogP contribution in [0, 0.1) is 0 Å². The Morgan fingerprint density at radius 2 is 1.76 bits per heavy atom. The molecule has 2 aromatic rings. The third kappa shape index (κ3) is 3.42. The number of hydrogen-bond acceptors (Lipinski definition) is 3. The van der Waals surface area contributed by atoms with Crippen molar-refractivity contribution >= 4 is 6.03 Å². The molecule has 1 aliphatic heterocycles.